The minimum absolute atomic E-state index is 0.174. The summed E-state index contributed by atoms with van der Waals surface area (Å²) in [6.07, 6.45) is 3.07. The van der Waals surface area contributed by atoms with Crippen LogP contribution in [0.1, 0.15) is 29.8 Å². The molecule has 2 N–H and O–H groups in total. The summed E-state index contributed by atoms with van der Waals surface area (Å²) < 4.78 is 5.27. The quantitative estimate of drug-likeness (QED) is 0.827. The molecule has 2 unspecified atom stereocenters. The zero-order chi connectivity index (χ0) is 13.0. The van der Waals surface area contributed by atoms with E-state index in [2.05, 4.69) is 20.8 Å². The Morgan fingerprint density at radius 1 is 1.39 bits per heavy atom. The van der Waals surface area contributed by atoms with E-state index >= 15 is 0 Å². The van der Waals surface area contributed by atoms with Gasteiger partial charge >= 0.3 is 0 Å². The van der Waals surface area contributed by atoms with E-state index in [1.54, 1.807) is 26.3 Å². The number of amides is 1. The lowest BCUT2D eigenvalue weighted by Crippen LogP contribution is -2.34. The molecule has 1 aliphatic rings. The van der Waals surface area contributed by atoms with Gasteiger partial charge in [-0.05, 0) is 31.4 Å². The third kappa shape index (κ3) is 2.95. The molecule has 1 saturated carbocycles. The van der Waals surface area contributed by atoms with Crippen LogP contribution in [0.15, 0.2) is 12.1 Å². The zero-order valence-corrected chi connectivity index (χ0v) is 10.6. The van der Waals surface area contributed by atoms with Crippen LogP contribution in [0.5, 0.6) is 0 Å². The Hall–Kier alpha value is -1.69. The van der Waals surface area contributed by atoms with Crippen molar-refractivity contribution < 1.29 is 9.53 Å². The number of nitrogens with zero attached hydrogens (tertiary/aromatic N) is 2. The summed E-state index contributed by atoms with van der Waals surface area (Å²) in [4.78, 5) is 11.9. The van der Waals surface area contributed by atoms with Crippen molar-refractivity contribution in [1.82, 2.24) is 15.5 Å². The fourth-order valence-electron chi connectivity index (χ4n) is 2.13. The molecule has 1 fully saturated rings. The second-order valence-corrected chi connectivity index (χ2v) is 4.39. The second-order valence-electron chi connectivity index (χ2n) is 4.39. The van der Waals surface area contributed by atoms with Crippen LogP contribution in [0.25, 0.3) is 0 Å². The van der Waals surface area contributed by atoms with Gasteiger partial charge in [0.25, 0.3) is 5.91 Å². The Kier molecular flexibility index (Phi) is 4.09. The largest absolute Gasteiger partial charge is 0.381 e. The lowest BCUT2D eigenvalue weighted by Gasteiger charge is -2.12. The van der Waals surface area contributed by atoms with Crippen LogP contribution < -0.4 is 10.6 Å². The van der Waals surface area contributed by atoms with Crippen molar-refractivity contribution in [3.8, 4) is 0 Å². The van der Waals surface area contributed by atoms with Crippen molar-refractivity contribution in [2.75, 3.05) is 19.5 Å². The number of rotatable bonds is 4. The fraction of sp³-hybridized carbons (Fsp3) is 0.583. The third-order valence-corrected chi connectivity index (χ3v) is 3.21. The molecular weight excluding hydrogens is 232 g/mol. The molecule has 6 nitrogen and oxygen atoms in total. The summed E-state index contributed by atoms with van der Waals surface area (Å²) >= 11 is 0. The lowest BCUT2D eigenvalue weighted by atomic mass is 10.2. The van der Waals surface area contributed by atoms with Gasteiger partial charge in [-0.2, -0.15) is 0 Å². The predicted octanol–water partition coefficient (Wildman–Crippen LogP) is 0.816. The molecular formula is C12H18N4O2. The first-order chi connectivity index (χ1) is 8.72. The molecule has 1 aliphatic carbocycles. The number of aromatic nitrogens is 2. The first kappa shape index (κ1) is 12.8. The minimum atomic E-state index is -0.174. The molecule has 18 heavy (non-hydrogen) atoms. The van der Waals surface area contributed by atoms with E-state index in [4.69, 9.17) is 4.74 Å². The first-order valence-corrected chi connectivity index (χ1v) is 6.08. The van der Waals surface area contributed by atoms with E-state index in [0.29, 0.717) is 11.5 Å². The molecule has 1 aromatic heterocycles. The van der Waals surface area contributed by atoms with Crippen LogP contribution >= 0.6 is 0 Å². The Morgan fingerprint density at radius 3 is 2.78 bits per heavy atom. The highest BCUT2D eigenvalue weighted by Gasteiger charge is 2.26. The van der Waals surface area contributed by atoms with Gasteiger partial charge < -0.3 is 15.4 Å². The molecule has 0 saturated heterocycles. The van der Waals surface area contributed by atoms with Crippen molar-refractivity contribution in [1.29, 1.82) is 0 Å². The highest BCUT2D eigenvalue weighted by Crippen LogP contribution is 2.21. The van der Waals surface area contributed by atoms with Crippen molar-refractivity contribution in [2.45, 2.75) is 31.4 Å². The van der Waals surface area contributed by atoms with Crippen molar-refractivity contribution in [3.63, 3.8) is 0 Å². The van der Waals surface area contributed by atoms with Crippen LogP contribution in [-0.4, -0.2) is 42.4 Å². The fourth-order valence-corrected chi connectivity index (χ4v) is 2.13. The van der Waals surface area contributed by atoms with Gasteiger partial charge in [-0.15, -0.1) is 10.2 Å². The summed E-state index contributed by atoms with van der Waals surface area (Å²) in [6.45, 7) is 0. The maximum Gasteiger partial charge on any atom is 0.272 e. The smallest absolute Gasteiger partial charge is 0.272 e. The molecule has 0 bridgehead atoms. The number of carbonyl (C=O) groups is 1. The van der Waals surface area contributed by atoms with Gasteiger partial charge in [0, 0.05) is 20.2 Å². The van der Waals surface area contributed by atoms with E-state index in [9.17, 15) is 4.79 Å². The SMILES string of the molecule is CNc1ccc(C(=O)NC2CCC(OC)C2)nn1. The van der Waals surface area contributed by atoms with Gasteiger partial charge in [-0.25, -0.2) is 0 Å². The number of anilines is 1. The lowest BCUT2D eigenvalue weighted by molar-refractivity contribution is 0.0909. The Labute approximate surface area is 106 Å². The average Bonchev–Trinajstić information content (AvgIpc) is 2.86. The summed E-state index contributed by atoms with van der Waals surface area (Å²) in [7, 11) is 3.46. The molecule has 0 aliphatic heterocycles. The van der Waals surface area contributed by atoms with Crippen LogP contribution in [0.2, 0.25) is 0 Å². The number of methoxy groups -OCH3 is 1. The Bertz CT molecular complexity index is 407. The standard InChI is InChI=1S/C12H18N4O2/c1-13-11-6-5-10(15-16-11)12(17)14-8-3-4-9(7-8)18-2/h5-6,8-9H,3-4,7H2,1-2H3,(H,13,16)(H,14,17). The molecule has 1 aromatic rings. The second kappa shape index (κ2) is 5.77. The summed E-state index contributed by atoms with van der Waals surface area (Å²) in [5.41, 5.74) is 0.342. The van der Waals surface area contributed by atoms with E-state index in [1.165, 1.54) is 0 Å². The van der Waals surface area contributed by atoms with Gasteiger partial charge in [-0.1, -0.05) is 0 Å². The van der Waals surface area contributed by atoms with Crippen LogP contribution in [0, 0.1) is 0 Å². The van der Waals surface area contributed by atoms with Crippen molar-refractivity contribution in [2.24, 2.45) is 0 Å². The zero-order valence-electron chi connectivity index (χ0n) is 10.6. The molecule has 98 valence electrons. The minimum Gasteiger partial charge on any atom is -0.381 e. The molecule has 0 aromatic carbocycles. The first-order valence-electron chi connectivity index (χ1n) is 6.08. The normalized spacial score (nSPS) is 22.8. The molecule has 0 radical (unpaired) electrons. The van der Waals surface area contributed by atoms with Crippen LogP contribution in [0.4, 0.5) is 5.82 Å². The topological polar surface area (TPSA) is 76.1 Å². The molecule has 0 spiro atoms. The number of carbonyl (C=O) groups excluding carboxylic acids is 1. The molecule has 2 rings (SSSR count). The van der Waals surface area contributed by atoms with Gasteiger partial charge in [0.1, 0.15) is 5.82 Å². The summed E-state index contributed by atoms with van der Waals surface area (Å²) in [5.74, 6) is 0.471. The van der Waals surface area contributed by atoms with Crippen molar-refractivity contribution in [3.05, 3.63) is 17.8 Å². The van der Waals surface area contributed by atoms with Gasteiger partial charge in [0.15, 0.2) is 5.69 Å². The van der Waals surface area contributed by atoms with Crippen LogP contribution in [-0.2, 0) is 4.74 Å². The average molecular weight is 250 g/mol. The van der Waals surface area contributed by atoms with Crippen LogP contribution in [0.3, 0.4) is 0 Å². The molecule has 1 amide bonds. The number of nitrogens with one attached hydrogen (secondary N) is 2. The maximum absolute atomic E-state index is 11.9. The number of hydrogen-bond donors (Lipinski definition) is 2. The maximum atomic E-state index is 11.9. The van der Waals surface area contributed by atoms with E-state index < -0.39 is 0 Å². The van der Waals surface area contributed by atoms with E-state index in [1.807, 2.05) is 0 Å². The predicted molar refractivity (Wildman–Crippen MR) is 67.5 cm³/mol. The monoisotopic (exact) mass is 250 g/mol. The molecule has 2 atom stereocenters. The van der Waals surface area contributed by atoms with E-state index in [-0.39, 0.29) is 18.1 Å². The van der Waals surface area contributed by atoms with Gasteiger partial charge in [0.2, 0.25) is 0 Å². The van der Waals surface area contributed by atoms with E-state index in [0.717, 1.165) is 19.3 Å². The van der Waals surface area contributed by atoms with Gasteiger partial charge in [0.05, 0.1) is 6.10 Å². The number of ether oxygens (including phenoxy) is 1. The summed E-state index contributed by atoms with van der Waals surface area (Å²) in [6, 6.07) is 3.57. The third-order valence-electron chi connectivity index (χ3n) is 3.21. The van der Waals surface area contributed by atoms with Crippen molar-refractivity contribution >= 4 is 11.7 Å². The molecule has 6 heteroatoms. The highest BCUT2D eigenvalue weighted by atomic mass is 16.5. The Morgan fingerprint density at radius 2 is 2.22 bits per heavy atom. The Balaban J connectivity index is 1.91. The molecule has 1 heterocycles. The summed E-state index contributed by atoms with van der Waals surface area (Å²) in [5, 5.41) is 13.6. The number of hydrogen-bond acceptors (Lipinski definition) is 5. The van der Waals surface area contributed by atoms with Gasteiger partial charge in [-0.3, -0.25) is 4.79 Å². The highest BCUT2D eigenvalue weighted by molar-refractivity contribution is 5.92.